The molecular formula is C19H23NO2. The Labute approximate surface area is 132 Å². The van der Waals surface area contributed by atoms with E-state index in [1.807, 2.05) is 54.6 Å². The first-order chi connectivity index (χ1) is 10.8. The molecule has 3 heteroatoms. The number of anilines is 1. The molecular weight excluding hydrogens is 274 g/mol. The number of carbonyl (C=O) groups excluding carboxylic acids is 1. The van der Waals surface area contributed by atoms with Gasteiger partial charge in [0.1, 0.15) is 11.5 Å². The Morgan fingerprint density at radius 3 is 2.50 bits per heavy atom. The smallest absolute Gasteiger partial charge is 0.224 e. The number of unbranched alkanes of at least 4 members (excludes halogenated alkanes) is 3. The summed E-state index contributed by atoms with van der Waals surface area (Å²) in [4.78, 5) is 11.9. The summed E-state index contributed by atoms with van der Waals surface area (Å²) < 4.78 is 5.76. The predicted octanol–water partition coefficient (Wildman–Crippen LogP) is 5.39. The number of ether oxygens (including phenoxy) is 1. The van der Waals surface area contributed by atoms with E-state index in [0.717, 1.165) is 30.0 Å². The van der Waals surface area contributed by atoms with Crippen LogP contribution in [0.1, 0.15) is 39.0 Å². The van der Waals surface area contributed by atoms with E-state index >= 15 is 0 Å². The Bertz CT molecular complexity index is 581. The van der Waals surface area contributed by atoms with Crippen LogP contribution in [0.15, 0.2) is 54.6 Å². The fraction of sp³-hybridized carbons (Fsp3) is 0.316. The average Bonchev–Trinajstić information content (AvgIpc) is 2.53. The quantitative estimate of drug-likeness (QED) is 0.663. The van der Waals surface area contributed by atoms with E-state index in [9.17, 15) is 4.79 Å². The maximum atomic E-state index is 11.9. The van der Waals surface area contributed by atoms with E-state index in [1.165, 1.54) is 12.8 Å². The molecule has 0 saturated carbocycles. The van der Waals surface area contributed by atoms with Crippen LogP contribution < -0.4 is 10.1 Å². The fourth-order valence-electron chi connectivity index (χ4n) is 2.20. The van der Waals surface area contributed by atoms with E-state index < -0.39 is 0 Å². The van der Waals surface area contributed by atoms with Crippen molar-refractivity contribution in [3.8, 4) is 11.5 Å². The third-order valence-corrected chi connectivity index (χ3v) is 3.35. The van der Waals surface area contributed by atoms with Crippen molar-refractivity contribution in [2.75, 3.05) is 5.32 Å². The molecule has 2 rings (SSSR count). The summed E-state index contributed by atoms with van der Waals surface area (Å²) in [5, 5.41) is 2.93. The molecule has 0 unspecified atom stereocenters. The van der Waals surface area contributed by atoms with Crippen LogP contribution in [0.3, 0.4) is 0 Å². The lowest BCUT2D eigenvalue weighted by molar-refractivity contribution is -0.116. The molecule has 2 aromatic rings. The van der Waals surface area contributed by atoms with Crippen LogP contribution in [0.2, 0.25) is 0 Å². The van der Waals surface area contributed by atoms with E-state index in [1.54, 1.807) is 0 Å². The first-order valence-corrected chi connectivity index (χ1v) is 7.91. The topological polar surface area (TPSA) is 38.3 Å². The fourth-order valence-corrected chi connectivity index (χ4v) is 2.20. The summed E-state index contributed by atoms with van der Waals surface area (Å²) in [6.07, 6.45) is 5.00. The highest BCUT2D eigenvalue weighted by Gasteiger charge is 2.04. The molecule has 0 aliphatic rings. The Balaban J connectivity index is 1.87. The van der Waals surface area contributed by atoms with Gasteiger partial charge in [-0.25, -0.2) is 0 Å². The zero-order valence-electron chi connectivity index (χ0n) is 13.0. The Morgan fingerprint density at radius 2 is 1.73 bits per heavy atom. The molecule has 1 N–H and O–H groups in total. The Morgan fingerprint density at radius 1 is 0.955 bits per heavy atom. The monoisotopic (exact) mass is 297 g/mol. The minimum absolute atomic E-state index is 0.0629. The van der Waals surface area contributed by atoms with Crippen molar-refractivity contribution in [3.63, 3.8) is 0 Å². The van der Waals surface area contributed by atoms with Crippen molar-refractivity contribution in [1.82, 2.24) is 0 Å². The number of carbonyl (C=O) groups is 1. The summed E-state index contributed by atoms with van der Waals surface area (Å²) in [6, 6.07) is 17.1. The second-order valence-electron chi connectivity index (χ2n) is 5.30. The van der Waals surface area contributed by atoms with Gasteiger partial charge in [-0.1, -0.05) is 50.5 Å². The van der Waals surface area contributed by atoms with E-state index in [0.29, 0.717) is 6.42 Å². The van der Waals surface area contributed by atoms with Gasteiger partial charge in [0, 0.05) is 18.2 Å². The van der Waals surface area contributed by atoms with Crippen molar-refractivity contribution >= 4 is 11.6 Å². The van der Waals surface area contributed by atoms with Gasteiger partial charge >= 0.3 is 0 Å². The second-order valence-corrected chi connectivity index (χ2v) is 5.30. The van der Waals surface area contributed by atoms with Crippen molar-refractivity contribution in [2.24, 2.45) is 0 Å². The molecule has 0 spiro atoms. The maximum Gasteiger partial charge on any atom is 0.224 e. The molecule has 0 bridgehead atoms. The van der Waals surface area contributed by atoms with Gasteiger partial charge in [0.05, 0.1) is 0 Å². The summed E-state index contributed by atoms with van der Waals surface area (Å²) in [6.45, 7) is 2.16. The zero-order valence-corrected chi connectivity index (χ0v) is 13.0. The van der Waals surface area contributed by atoms with Crippen LogP contribution in [0.25, 0.3) is 0 Å². The third-order valence-electron chi connectivity index (χ3n) is 3.35. The number of hydrogen-bond acceptors (Lipinski definition) is 2. The lowest BCUT2D eigenvalue weighted by Crippen LogP contribution is -2.10. The molecule has 0 atom stereocenters. The number of hydrogen-bond donors (Lipinski definition) is 1. The van der Waals surface area contributed by atoms with Crippen molar-refractivity contribution in [2.45, 2.75) is 39.0 Å². The first-order valence-electron chi connectivity index (χ1n) is 7.91. The van der Waals surface area contributed by atoms with Crippen LogP contribution in [-0.2, 0) is 4.79 Å². The summed E-state index contributed by atoms with van der Waals surface area (Å²) in [7, 11) is 0. The molecule has 2 aromatic carbocycles. The molecule has 0 heterocycles. The molecule has 22 heavy (non-hydrogen) atoms. The van der Waals surface area contributed by atoms with E-state index in [2.05, 4.69) is 12.2 Å². The molecule has 0 aliphatic heterocycles. The lowest BCUT2D eigenvalue weighted by atomic mass is 10.1. The second kappa shape index (κ2) is 8.88. The van der Waals surface area contributed by atoms with Gasteiger partial charge in [-0.3, -0.25) is 4.79 Å². The van der Waals surface area contributed by atoms with E-state index in [4.69, 9.17) is 4.74 Å². The van der Waals surface area contributed by atoms with E-state index in [-0.39, 0.29) is 5.91 Å². The standard InChI is InChI=1S/C19H23NO2/c1-2-3-4-8-14-19(21)20-16-10-9-13-18(15-16)22-17-11-6-5-7-12-17/h5-7,9-13,15H,2-4,8,14H2,1H3,(H,20,21). The molecule has 0 saturated heterocycles. The minimum Gasteiger partial charge on any atom is -0.457 e. The maximum absolute atomic E-state index is 11.9. The highest BCUT2D eigenvalue weighted by Crippen LogP contribution is 2.23. The summed E-state index contributed by atoms with van der Waals surface area (Å²) in [5.74, 6) is 1.56. The van der Waals surface area contributed by atoms with Gasteiger partial charge in [0.15, 0.2) is 0 Å². The number of amides is 1. The summed E-state index contributed by atoms with van der Waals surface area (Å²) >= 11 is 0. The van der Waals surface area contributed by atoms with Gasteiger partial charge in [-0.05, 0) is 30.7 Å². The number of rotatable bonds is 8. The normalized spacial score (nSPS) is 10.2. The average molecular weight is 297 g/mol. The highest BCUT2D eigenvalue weighted by molar-refractivity contribution is 5.90. The number of benzene rings is 2. The van der Waals surface area contributed by atoms with Gasteiger partial charge in [0.25, 0.3) is 0 Å². The van der Waals surface area contributed by atoms with Gasteiger partial charge in [-0.15, -0.1) is 0 Å². The summed E-state index contributed by atoms with van der Waals surface area (Å²) in [5.41, 5.74) is 0.772. The Hall–Kier alpha value is -2.29. The molecule has 1 amide bonds. The van der Waals surface area contributed by atoms with Crippen molar-refractivity contribution in [1.29, 1.82) is 0 Å². The lowest BCUT2D eigenvalue weighted by Gasteiger charge is -2.09. The molecule has 0 aromatic heterocycles. The van der Waals surface area contributed by atoms with Gasteiger partial charge in [0.2, 0.25) is 5.91 Å². The molecule has 116 valence electrons. The SMILES string of the molecule is CCCCCCC(=O)Nc1cccc(Oc2ccccc2)c1. The van der Waals surface area contributed by atoms with Crippen LogP contribution in [0, 0.1) is 0 Å². The van der Waals surface area contributed by atoms with Crippen LogP contribution in [0.5, 0.6) is 11.5 Å². The van der Waals surface area contributed by atoms with Crippen LogP contribution in [0.4, 0.5) is 5.69 Å². The van der Waals surface area contributed by atoms with Gasteiger partial charge < -0.3 is 10.1 Å². The largest absolute Gasteiger partial charge is 0.457 e. The highest BCUT2D eigenvalue weighted by atomic mass is 16.5. The Kier molecular flexibility index (Phi) is 6.49. The van der Waals surface area contributed by atoms with Crippen molar-refractivity contribution < 1.29 is 9.53 Å². The molecule has 3 nitrogen and oxygen atoms in total. The first kappa shape index (κ1) is 16.1. The zero-order chi connectivity index (χ0) is 15.6. The number of para-hydroxylation sites is 1. The number of nitrogens with one attached hydrogen (secondary N) is 1. The van der Waals surface area contributed by atoms with Gasteiger partial charge in [-0.2, -0.15) is 0 Å². The predicted molar refractivity (Wildman–Crippen MR) is 90.3 cm³/mol. The minimum atomic E-state index is 0.0629. The van der Waals surface area contributed by atoms with Crippen LogP contribution >= 0.6 is 0 Å². The van der Waals surface area contributed by atoms with Crippen molar-refractivity contribution in [3.05, 3.63) is 54.6 Å². The molecule has 0 aliphatic carbocycles. The third kappa shape index (κ3) is 5.60. The molecule has 0 fully saturated rings. The molecule has 0 radical (unpaired) electrons. The van der Waals surface area contributed by atoms with Crippen LogP contribution in [-0.4, -0.2) is 5.91 Å².